The van der Waals surface area contributed by atoms with Gasteiger partial charge in [0.2, 0.25) is 5.91 Å². The first-order chi connectivity index (χ1) is 6.77. The number of hydrogen-bond donors (Lipinski definition) is 0. The molecule has 0 N–H and O–H groups in total. The van der Waals surface area contributed by atoms with Gasteiger partial charge < -0.3 is 14.4 Å². The molecule has 0 bridgehead atoms. The largest absolute Gasteiger partial charge is 0.381 e. The molecule has 0 aromatic carbocycles. The third kappa shape index (κ3) is 3.27. The van der Waals surface area contributed by atoms with Gasteiger partial charge in [0.05, 0.1) is 6.10 Å². The number of likely N-dealkylation sites (tertiary alicyclic amines) is 1. The minimum Gasteiger partial charge on any atom is -0.381 e. The van der Waals surface area contributed by atoms with Gasteiger partial charge in [-0.05, 0) is 19.8 Å². The summed E-state index contributed by atoms with van der Waals surface area (Å²) in [7, 11) is 1.72. The van der Waals surface area contributed by atoms with Crippen molar-refractivity contribution in [2.75, 3.05) is 33.4 Å². The van der Waals surface area contributed by atoms with Crippen molar-refractivity contribution in [1.29, 1.82) is 0 Å². The van der Waals surface area contributed by atoms with E-state index in [0.29, 0.717) is 12.7 Å². The summed E-state index contributed by atoms with van der Waals surface area (Å²) in [6, 6.07) is 0. The van der Waals surface area contributed by atoms with E-state index in [0.717, 1.165) is 25.9 Å². The van der Waals surface area contributed by atoms with Crippen molar-refractivity contribution in [2.45, 2.75) is 25.9 Å². The van der Waals surface area contributed by atoms with Crippen LogP contribution in [0.3, 0.4) is 0 Å². The number of nitrogens with zero attached hydrogens (tertiary/aromatic N) is 1. The van der Waals surface area contributed by atoms with E-state index in [-0.39, 0.29) is 12.5 Å². The van der Waals surface area contributed by atoms with E-state index in [9.17, 15) is 4.79 Å². The van der Waals surface area contributed by atoms with Gasteiger partial charge in [-0.2, -0.15) is 0 Å². The molecule has 14 heavy (non-hydrogen) atoms. The summed E-state index contributed by atoms with van der Waals surface area (Å²) in [5.74, 6) is 0.0985. The highest BCUT2D eigenvalue weighted by Crippen LogP contribution is 2.12. The lowest BCUT2D eigenvalue weighted by molar-refractivity contribution is -0.138. The van der Waals surface area contributed by atoms with Gasteiger partial charge in [0.15, 0.2) is 0 Å². The van der Waals surface area contributed by atoms with E-state index in [2.05, 4.69) is 0 Å². The maximum atomic E-state index is 11.5. The highest BCUT2D eigenvalue weighted by molar-refractivity contribution is 5.77. The molecule has 0 aromatic rings. The number of piperidine rings is 1. The second-order valence-corrected chi connectivity index (χ2v) is 3.45. The van der Waals surface area contributed by atoms with Gasteiger partial charge in [-0.1, -0.05) is 0 Å². The zero-order chi connectivity index (χ0) is 10.4. The van der Waals surface area contributed by atoms with Crippen LogP contribution in [0, 0.1) is 0 Å². The zero-order valence-corrected chi connectivity index (χ0v) is 8.99. The van der Waals surface area contributed by atoms with Crippen molar-refractivity contribution in [3.8, 4) is 0 Å². The molecule has 0 atom stereocenters. The molecule has 4 heteroatoms. The summed E-state index contributed by atoms with van der Waals surface area (Å²) in [6.45, 7) is 4.30. The fourth-order valence-electron chi connectivity index (χ4n) is 1.62. The van der Waals surface area contributed by atoms with Gasteiger partial charge >= 0.3 is 0 Å². The molecule has 1 heterocycles. The molecule has 82 valence electrons. The van der Waals surface area contributed by atoms with E-state index in [1.807, 2.05) is 11.8 Å². The third-order valence-corrected chi connectivity index (χ3v) is 2.56. The van der Waals surface area contributed by atoms with Gasteiger partial charge in [-0.3, -0.25) is 4.79 Å². The first-order valence-electron chi connectivity index (χ1n) is 5.16. The molecule has 1 aliphatic rings. The second kappa shape index (κ2) is 5.98. The average Bonchev–Trinajstić information content (AvgIpc) is 2.26. The summed E-state index contributed by atoms with van der Waals surface area (Å²) >= 11 is 0. The molecule has 1 aliphatic heterocycles. The Morgan fingerprint density at radius 3 is 2.57 bits per heavy atom. The molecule has 0 unspecified atom stereocenters. The highest BCUT2D eigenvalue weighted by atomic mass is 16.5. The summed E-state index contributed by atoms with van der Waals surface area (Å²) < 4.78 is 10.3. The van der Waals surface area contributed by atoms with E-state index in [1.54, 1.807) is 7.11 Å². The van der Waals surface area contributed by atoms with E-state index >= 15 is 0 Å². The Morgan fingerprint density at radius 2 is 2.07 bits per heavy atom. The second-order valence-electron chi connectivity index (χ2n) is 3.45. The number of amides is 1. The molecule has 1 saturated heterocycles. The third-order valence-electron chi connectivity index (χ3n) is 2.56. The molecule has 0 radical (unpaired) electrons. The smallest absolute Gasteiger partial charge is 0.248 e. The highest BCUT2D eigenvalue weighted by Gasteiger charge is 2.21. The Hall–Kier alpha value is -0.610. The lowest BCUT2D eigenvalue weighted by atomic mass is 10.1. The van der Waals surface area contributed by atoms with Crippen LogP contribution in [0.5, 0.6) is 0 Å². The fraction of sp³-hybridized carbons (Fsp3) is 0.900. The molecule has 0 aliphatic carbocycles. The van der Waals surface area contributed by atoms with Crippen LogP contribution in [0.4, 0.5) is 0 Å². The van der Waals surface area contributed by atoms with Gasteiger partial charge in [0.25, 0.3) is 0 Å². The molecule has 1 fully saturated rings. The monoisotopic (exact) mass is 201 g/mol. The Kier molecular flexibility index (Phi) is 4.90. The van der Waals surface area contributed by atoms with Crippen LogP contribution in [0.25, 0.3) is 0 Å². The molecule has 1 rings (SSSR count). The lowest BCUT2D eigenvalue weighted by Crippen LogP contribution is -2.42. The minimum absolute atomic E-state index is 0.0985. The van der Waals surface area contributed by atoms with Gasteiger partial charge in [-0.25, -0.2) is 0 Å². The number of methoxy groups -OCH3 is 1. The Labute approximate surface area is 85.2 Å². The number of carbonyl (C=O) groups excluding carboxylic acids is 1. The van der Waals surface area contributed by atoms with Crippen LogP contribution in [0.2, 0.25) is 0 Å². The quantitative estimate of drug-likeness (QED) is 0.670. The summed E-state index contributed by atoms with van der Waals surface area (Å²) in [5.41, 5.74) is 0. The molecule has 0 spiro atoms. The number of carbonyl (C=O) groups is 1. The molecule has 4 nitrogen and oxygen atoms in total. The van der Waals surface area contributed by atoms with Crippen LogP contribution >= 0.6 is 0 Å². The van der Waals surface area contributed by atoms with Crippen molar-refractivity contribution in [3.05, 3.63) is 0 Å². The summed E-state index contributed by atoms with van der Waals surface area (Å²) in [5, 5.41) is 0. The summed E-state index contributed by atoms with van der Waals surface area (Å²) in [4.78, 5) is 13.4. The van der Waals surface area contributed by atoms with Crippen molar-refractivity contribution in [3.63, 3.8) is 0 Å². The van der Waals surface area contributed by atoms with Crippen molar-refractivity contribution < 1.29 is 14.3 Å². The minimum atomic E-state index is 0.0985. The van der Waals surface area contributed by atoms with Gasteiger partial charge in [0.1, 0.15) is 6.61 Å². The van der Waals surface area contributed by atoms with Crippen molar-refractivity contribution >= 4 is 5.91 Å². The van der Waals surface area contributed by atoms with Crippen molar-refractivity contribution in [2.24, 2.45) is 0 Å². The molecular weight excluding hydrogens is 182 g/mol. The normalized spacial score (nSPS) is 18.6. The first kappa shape index (κ1) is 11.5. The van der Waals surface area contributed by atoms with Gasteiger partial charge in [-0.15, -0.1) is 0 Å². The predicted molar refractivity (Wildman–Crippen MR) is 53.1 cm³/mol. The van der Waals surface area contributed by atoms with Crippen LogP contribution in [0.15, 0.2) is 0 Å². The maximum absolute atomic E-state index is 11.5. The Balaban J connectivity index is 2.23. The topological polar surface area (TPSA) is 38.8 Å². The van der Waals surface area contributed by atoms with Crippen LogP contribution in [-0.2, 0) is 14.3 Å². The van der Waals surface area contributed by atoms with Crippen LogP contribution < -0.4 is 0 Å². The number of hydrogen-bond acceptors (Lipinski definition) is 3. The lowest BCUT2D eigenvalue weighted by Gasteiger charge is -2.31. The standard InChI is InChI=1S/C10H19NO3/c1-3-14-8-10(12)11-6-4-9(13-2)5-7-11/h9H,3-8H2,1-2H3. The molecule has 1 amide bonds. The van der Waals surface area contributed by atoms with Crippen LogP contribution in [0.1, 0.15) is 19.8 Å². The van der Waals surface area contributed by atoms with E-state index in [1.165, 1.54) is 0 Å². The van der Waals surface area contributed by atoms with E-state index < -0.39 is 0 Å². The molecule has 0 aromatic heterocycles. The van der Waals surface area contributed by atoms with Gasteiger partial charge in [0, 0.05) is 26.8 Å². The number of ether oxygens (including phenoxy) is 2. The first-order valence-corrected chi connectivity index (χ1v) is 5.16. The maximum Gasteiger partial charge on any atom is 0.248 e. The molecular formula is C10H19NO3. The van der Waals surface area contributed by atoms with Crippen molar-refractivity contribution in [1.82, 2.24) is 4.90 Å². The average molecular weight is 201 g/mol. The number of rotatable bonds is 4. The Bertz CT molecular complexity index is 176. The van der Waals surface area contributed by atoms with E-state index in [4.69, 9.17) is 9.47 Å². The fourth-order valence-corrected chi connectivity index (χ4v) is 1.62. The Morgan fingerprint density at radius 1 is 1.43 bits per heavy atom. The SMILES string of the molecule is CCOCC(=O)N1CCC(OC)CC1. The summed E-state index contributed by atoms with van der Waals surface area (Å²) in [6.07, 6.45) is 2.20. The predicted octanol–water partition coefficient (Wildman–Crippen LogP) is 0.660. The molecule has 0 saturated carbocycles. The zero-order valence-electron chi connectivity index (χ0n) is 8.99. The van der Waals surface area contributed by atoms with Crippen LogP contribution in [-0.4, -0.2) is 50.3 Å².